The van der Waals surface area contributed by atoms with Crippen LogP contribution in [0.1, 0.15) is 29.1 Å². The van der Waals surface area contributed by atoms with Crippen LogP contribution < -0.4 is 10.2 Å². The van der Waals surface area contributed by atoms with Crippen molar-refractivity contribution in [3.05, 3.63) is 101 Å². The molecule has 160 valence electrons. The van der Waals surface area contributed by atoms with Crippen molar-refractivity contribution < 1.29 is 9.52 Å². The van der Waals surface area contributed by atoms with Crippen molar-refractivity contribution in [1.29, 1.82) is 0 Å². The maximum absolute atomic E-state index is 10.6. The number of pyridine rings is 1. The standard InChI is InChI=1S/C25H20ClN3O2S/c1-15-9-10-16(14-17(15)26)21-11-12-22(31-21)24-23(18-6-4-5-13-27-18)28-25(32)29(24)19-7-2-3-8-20(19)30/h2-14,23-24,30H,1H3,(H,28,32)/t23-,24+/m0/s1. The Labute approximate surface area is 196 Å². The number of nitrogens with one attached hydrogen (secondary N) is 1. The maximum Gasteiger partial charge on any atom is 0.174 e. The van der Waals surface area contributed by atoms with Crippen LogP contribution in [-0.2, 0) is 0 Å². The smallest absolute Gasteiger partial charge is 0.174 e. The Morgan fingerprint density at radius 2 is 1.88 bits per heavy atom. The molecule has 3 heterocycles. The minimum atomic E-state index is -0.347. The lowest BCUT2D eigenvalue weighted by Gasteiger charge is -2.26. The summed E-state index contributed by atoms with van der Waals surface area (Å²) in [4.78, 5) is 6.42. The second-order valence-electron chi connectivity index (χ2n) is 7.65. The SMILES string of the molecule is Cc1ccc(-c2ccc([C@@H]3[C@H](c4ccccn4)NC(=S)N3c3ccccc3O)o2)cc1Cl. The number of rotatable bonds is 4. The number of hydrogen-bond donors (Lipinski definition) is 2. The van der Waals surface area contributed by atoms with Gasteiger partial charge in [-0.2, -0.15) is 0 Å². The summed E-state index contributed by atoms with van der Waals surface area (Å²) in [5.74, 6) is 1.54. The Morgan fingerprint density at radius 3 is 2.62 bits per heavy atom. The van der Waals surface area contributed by atoms with Crippen LogP contribution in [0.5, 0.6) is 5.75 Å². The molecule has 4 aromatic rings. The summed E-state index contributed by atoms with van der Waals surface area (Å²) in [6.45, 7) is 1.96. The van der Waals surface area contributed by atoms with Gasteiger partial charge in [-0.25, -0.2) is 0 Å². The Kier molecular flexibility index (Phi) is 5.33. The lowest BCUT2D eigenvalue weighted by molar-refractivity contribution is 0.434. The molecule has 1 fully saturated rings. The molecule has 32 heavy (non-hydrogen) atoms. The highest BCUT2D eigenvalue weighted by molar-refractivity contribution is 7.80. The second kappa shape index (κ2) is 8.30. The second-order valence-corrected chi connectivity index (χ2v) is 8.45. The van der Waals surface area contributed by atoms with Gasteiger partial charge in [0.25, 0.3) is 0 Å². The number of para-hydroxylation sites is 2. The lowest BCUT2D eigenvalue weighted by Crippen LogP contribution is -2.29. The molecule has 5 nitrogen and oxygen atoms in total. The number of hydrogen-bond acceptors (Lipinski definition) is 4. The van der Waals surface area contributed by atoms with Crippen molar-refractivity contribution in [2.75, 3.05) is 4.90 Å². The highest BCUT2D eigenvalue weighted by Crippen LogP contribution is 2.45. The van der Waals surface area contributed by atoms with Gasteiger partial charge in [0, 0.05) is 16.8 Å². The zero-order chi connectivity index (χ0) is 22.2. The van der Waals surface area contributed by atoms with Gasteiger partial charge in [-0.05, 0) is 67.2 Å². The molecular formula is C25H20ClN3O2S. The number of aromatic nitrogens is 1. The summed E-state index contributed by atoms with van der Waals surface area (Å²) in [5.41, 5.74) is 3.33. The fourth-order valence-electron chi connectivity index (χ4n) is 3.98. The van der Waals surface area contributed by atoms with E-state index in [-0.39, 0.29) is 17.8 Å². The molecule has 0 saturated carbocycles. The summed E-state index contributed by atoms with van der Waals surface area (Å²) in [6, 6.07) is 22.0. The first-order valence-corrected chi connectivity index (χ1v) is 11.0. The van der Waals surface area contributed by atoms with E-state index in [0.29, 0.717) is 27.3 Å². The highest BCUT2D eigenvalue weighted by atomic mass is 35.5. The first-order chi connectivity index (χ1) is 15.5. The molecule has 0 radical (unpaired) electrons. The van der Waals surface area contributed by atoms with E-state index in [1.165, 1.54) is 0 Å². The third-order valence-electron chi connectivity index (χ3n) is 5.61. The molecule has 2 aromatic carbocycles. The lowest BCUT2D eigenvalue weighted by atomic mass is 10.0. The molecule has 0 bridgehead atoms. The number of thiocarbonyl (C=S) groups is 1. The van der Waals surface area contributed by atoms with Crippen LogP contribution in [0.3, 0.4) is 0 Å². The monoisotopic (exact) mass is 461 g/mol. The molecule has 0 unspecified atom stereocenters. The number of furan rings is 1. The molecule has 7 heteroatoms. The maximum atomic E-state index is 10.6. The number of anilines is 1. The van der Waals surface area contributed by atoms with Gasteiger partial charge in [0.05, 0.1) is 17.4 Å². The van der Waals surface area contributed by atoms with E-state index in [9.17, 15) is 5.11 Å². The van der Waals surface area contributed by atoms with Crippen LogP contribution in [0, 0.1) is 6.92 Å². The number of aromatic hydroxyl groups is 1. The van der Waals surface area contributed by atoms with Gasteiger partial charge in [0.15, 0.2) is 5.11 Å². The number of phenolic OH excluding ortho intramolecular Hbond substituents is 1. The van der Waals surface area contributed by atoms with E-state index >= 15 is 0 Å². The van der Waals surface area contributed by atoms with E-state index in [4.69, 9.17) is 28.2 Å². The van der Waals surface area contributed by atoms with Crippen LogP contribution in [0.25, 0.3) is 11.3 Å². The fraction of sp³-hybridized carbons (Fsp3) is 0.120. The molecule has 2 aromatic heterocycles. The molecule has 2 N–H and O–H groups in total. The van der Waals surface area contributed by atoms with Crippen LogP contribution in [0.4, 0.5) is 5.69 Å². The van der Waals surface area contributed by atoms with E-state index in [1.807, 2.05) is 72.5 Å². The number of aryl methyl sites for hydroxylation is 1. The zero-order valence-corrected chi connectivity index (χ0v) is 18.8. The molecule has 2 atom stereocenters. The van der Waals surface area contributed by atoms with Crippen LogP contribution in [0.15, 0.2) is 83.4 Å². The minimum Gasteiger partial charge on any atom is -0.506 e. The van der Waals surface area contributed by atoms with Crippen LogP contribution >= 0.6 is 23.8 Å². The van der Waals surface area contributed by atoms with Crippen molar-refractivity contribution in [3.63, 3.8) is 0 Å². The third kappa shape index (κ3) is 3.61. The summed E-state index contributed by atoms with van der Waals surface area (Å²) in [7, 11) is 0. The number of nitrogens with zero attached hydrogens (tertiary/aromatic N) is 2. The topological polar surface area (TPSA) is 61.5 Å². The largest absolute Gasteiger partial charge is 0.506 e. The quantitative estimate of drug-likeness (QED) is 0.353. The molecule has 1 aliphatic rings. The first-order valence-electron chi connectivity index (χ1n) is 10.2. The third-order valence-corrected chi connectivity index (χ3v) is 6.34. The predicted octanol–water partition coefficient (Wildman–Crippen LogP) is 6.19. The zero-order valence-electron chi connectivity index (χ0n) is 17.2. The molecule has 1 aliphatic heterocycles. The number of phenols is 1. The summed E-state index contributed by atoms with van der Waals surface area (Å²) in [6.07, 6.45) is 1.75. The van der Waals surface area contributed by atoms with Crippen molar-refractivity contribution >= 4 is 34.6 Å². The van der Waals surface area contributed by atoms with Gasteiger partial charge in [-0.15, -0.1) is 0 Å². The summed E-state index contributed by atoms with van der Waals surface area (Å²) in [5, 5.41) is 15.1. The highest BCUT2D eigenvalue weighted by Gasteiger charge is 2.43. The van der Waals surface area contributed by atoms with E-state index < -0.39 is 0 Å². The summed E-state index contributed by atoms with van der Waals surface area (Å²) < 4.78 is 6.33. The summed E-state index contributed by atoms with van der Waals surface area (Å²) >= 11 is 12.0. The van der Waals surface area contributed by atoms with Crippen molar-refractivity contribution in [2.45, 2.75) is 19.0 Å². The molecule has 1 saturated heterocycles. The van der Waals surface area contributed by atoms with Gasteiger partial charge in [0.1, 0.15) is 23.3 Å². The molecule has 0 amide bonds. The Hall–Kier alpha value is -3.35. The van der Waals surface area contributed by atoms with E-state index in [1.54, 1.807) is 18.3 Å². The Balaban J connectivity index is 1.61. The van der Waals surface area contributed by atoms with Crippen LogP contribution in [-0.4, -0.2) is 15.2 Å². The van der Waals surface area contributed by atoms with E-state index in [0.717, 1.165) is 16.8 Å². The van der Waals surface area contributed by atoms with E-state index in [2.05, 4.69) is 10.3 Å². The fourth-order valence-corrected chi connectivity index (χ4v) is 4.50. The Morgan fingerprint density at radius 1 is 1.06 bits per heavy atom. The van der Waals surface area contributed by atoms with Gasteiger partial charge in [-0.1, -0.05) is 41.9 Å². The first kappa shape index (κ1) is 20.5. The van der Waals surface area contributed by atoms with Crippen molar-refractivity contribution in [3.8, 4) is 17.1 Å². The normalized spacial score (nSPS) is 18.1. The average molecular weight is 462 g/mol. The van der Waals surface area contributed by atoms with Crippen molar-refractivity contribution in [1.82, 2.24) is 10.3 Å². The van der Waals surface area contributed by atoms with Gasteiger partial charge >= 0.3 is 0 Å². The van der Waals surface area contributed by atoms with Crippen LogP contribution in [0.2, 0.25) is 5.02 Å². The van der Waals surface area contributed by atoms with Gasteiger partial charge in [-0.3, -0.25) is 4.98 Å². The molecule has 0 aliphatic carbocycles. The molecule has 5 rings (SSSR count). The van der Waals surface area contributed by atoms with Gasteiger partial charge < -0.3 is 19.7 Å². The average Bonchev–Trinajstić information content (AvgIpc) is 3.41. The predicted molar refractivity (Wildman–Crippen MR) is 130 cm³/mol. The number of benzene rings is 2. The minimum absolute atomic E-state index is 0.139. The van der Waals surface area contributed by atoms with Gasteiger partial charge in [0.2, 0.25) is 0 Å². The van der Waals surface area contributed by atoms with Crippen molar-refractivity contribution in [2.24, 2.45) is 0 Å². The number of halogens is 1. The molecular weight excluding hydrogens is 442 g/mol. The molecule has 0 spiro atoms. The Bertz CT molecular complexity index is 1290.